The number of esters is 4. The Labute approximate surface area is 492 Å². The summed E-state index contributed by atoms with van der Waals surface area (Å²) < 4.78 is 67.8. The Bertz CT molecular complexity index is 1600. The van der Waals surface area contributed by atoms with Gasteiger partial charge in [0.2, 0.25) is 0 Å². The second-order valence-corrected chi connectivity index (χ2v) is 26.1. The van der Waals surface area contributed by atoms with Crippen LogP contribution in [0.4, 0.5) is 0 Å². The van der Waals surface area contributed by atoms with Crippen LogP contribution in [0.5, 0.6) is 0 Å². The van der Waals surface area contributed by atoms with Gasteiger partial charge in [-0.1, -0.05) is 253 Å². The molecule has 0 aliphatic heterocycles. The molecule has 0 radical (unpaired) electrons. The molecule has 3 unspecified atom stereocenters. The molecule has 0 rings (SSSR count). The van der Waals surface area contributed by atoms with Crippen LogP contribution in [0.2, 0.25) is 0 Å². The first-order valence-corrected chi connectivity index (χ1v) is 35.5. The molecule has 81 heavy (non-hydrogen) atoms. The Hall–Kier alpha value is -1.94. The average molecular weight is 1200 g/mol. The fraction of sp³-hybridized carbons (Fsp3) is 0.935. The highest BCUT2D eigenvalue weighted by Gasteiger charge is 2.30. The van der Waals surface area contributed by atoms with E-state index in [2.05, 4.69) is 41.5 Å². The lowest BCUT2D eigenvalue weighted by molar-refractivity contribution is -0.161. The standard InChI is InChI=1S/C62H120O17P2/c1-7-10-12-14-16-17-20-28-34-40-46-61(66)78-57(50-72-59(64)44-38-32-24-15-13-11-8-2)52-76-80(68,69)74-48-56(63)49-75-81(70,71)77-53-58(79-62(67)47-41-35-29-21-18-19-25-30-36-42-54(4)5)51-73-60(65)45-39-33-27-23-22-26-31-37-43-55(6)9-3/h54-58,63H,7-53H2,1-6H3,(H,68,69)(H,70,71)/t55?,56-,57+,58+/m0/s1. The predicted molar refractivity (Wildman–Crippen MR) is 321 cm³/mol. The van der Waals surface area contributed by atoms with Crippen LogP contribution in [0, 0.1) is 11.8 Å². The molecule has 0 aliphatic rings. The van der Waals surface area contributed by atoms with E-state index in [9.17, 15) is 43.2 Å². The molecular weight excluding hydrogens is 1080 g/mol. The minimum Gasteiger partial charge on any atom is -0.462 e. The number of unbranched alkanes of at least 4 members (excludes halogenated alkanes) is 30. The first-order valence-electron chi connectivity index (χ1n) is 32.5. The lowest BCUT2D eigenvalue weighted by atomic mass is 9.99. The zero-order valence-corrected chi connectivity index (χ0v) is 53.9. The Morgan fingerprint density at radius 1 is 0.358 bits per heavy atom. The summed E-state index contributed by atoms with van der Waals surface area (Å²) in [4.78, 5) is 72.0. The van der Waals surface area contributed by atoms with Gasteiger partial charge in [-0.05, 0) is 37.5 Å². The summed E-state index contributed by atoms with van der Waals surface area (Å²) in [5.74, 6) is -0.627. The molecule has 0 saturated carbocycles. The lowest BCUT2D eigenvalue weighted by Crippen LogP contribution is -2.30. The molecule has 0 aliphatic carbocycles. The van der Waals surface area contributed by atoms with E-state index in [1.165, 1.54) is 109 Å². The maximum atomic E-state index is 13.0. The molecule has 6 atom stereocenters. The molecule has 19 heteroatoms. The van der Waals surface area contributed by atoms with Gasteiger partial charge in [-0.15, -0.1) is 0 Å². The fourth-order valence-electron chi connectivity index (χ4n) is 9.15. The largest absolute Gasteiger partial charge is 0.472 e. The maximum Gasteiger partial charge on any atom is 0.472 e. The van der Waals surface area contributed by atoms with Crippen molar-refractivity contribution in [2.75, 3.05) is 39.6 Å². The zero-order valence-electron chi connectivity index (χ0n) is 52.1. The van der Waals surface area contributed by atoms with Crippen LogP contribution in [-0.2, 0) is 65.4 Å². The second-order valence-electron chi connectivity index (χ2n) is 23.2. The van der Waals surface area contributed by atoms with E-state index in [0.717, 1.165) is 115 Å². The summed E-state index contributed by atoms with van der Waals surface area (Å²) in [7, 11) is -9.88. The number of carbonyl (C=O) groups excluding carboxylic acids is 4. The topological polar surface area (TPSA) is 237 Å². The van der Waals surface area contributed by atoms with E-state index < -0.39 is 97.5 Å². The summed E-state index contributed by atoms with van der Waals surface area (Å²) in [6, 6.07) is 0. The summed E-state index contributed by atoms with van der Waals surface area (Å²) in [5, 5.41) is 10.5. The van der Waals surface area contributed by atoms with E-state index in [0.29, 0.717) is 25.7 Å². The molecule has 0 amide bonds. The zero-order chi connectivity index (χ0) is 60.1. The monoisotopic (exact) mass is 1200 g/mol. The first-order chi connectivity index (χ1) is 38.9. The molecule has 0 bridgehead atoms. The van der Waals surface area contributed by atoms with E-state index in [-0.39, 0.29) is 25.7 Å². The molecule has 0 aromatic rings. The highest BCUT2D eigenvalue weighted by molar-refractivity contribution is 7.47. The van der Waals surface area contributed by atoms with Crippen molar-refractivity contribution in [3.05, 3.63) is 0 Å². The number of phosphoric acid groups is 2. The Kier molecular flexibility index (Phi) is 53.4. The van der Waals surface area contributed by atoms with Crippen LogP contribution in [-0.4, -0.2) is 96.7 Å². The van der Waals surface area contributed by atoms with Gasteiger partial charge in [-0.3, -0.25) is 37.3 Å². The van der Waals surface area contributed by atoms with Crippen molar-refractivity contribution in [2.24, 2.45) is 11.8 Å². The van der Waals surface area contributed by atoms with E-state index >= 15 is 0 Å². The Morgan fingerprint density at radius 3 is 0.938 bits per heavy atom. The third kappa shape index (κ3) is 55.7. The van der Waals surface area contributed by atoms with Crippen molar-refractivity contribution >= 4 is 39.5 Å². The van der Waals surface area contributed by atoms with Crippen molar-refractivity contribution < 1.29 is 80.2 Å². The third-order valence-electron chi connectivity index (χ3n) is 14.6. The van der Waals surface area contributed by atoms with Crippen LogP contribution in [0.25, 0.3) is 0 Å². The van der Waals surface area contributed by atoms with Gasteiger partial charge in [-0.2, -0.15) is 0 Å². The van der Waals surface area contributed by atoms with Gasteiger partial charge in [0.1, 0.15) is 19.3 Å². The van der Waals surface area contributed by atoms with E-state index in [1.54, 1.807) is 0 Å². The first kappa shape index (κ1) is 79.1. The average Bonchev–Trinajstić information content (AvgIpc) is 3.43. The highest BCUT2D eigenvalue weighted by atomic mass is 31.2. The quantitative estimate of drug-likeness (QED) is 0.0222. The van der Waals surface area contributed by atoms with Crippen LogP contribution < -0.4 is 0 Å². The fourth-order valence-corrected chi connectivity index (χ4v) is 10.7. The van der Waals surface area contributed by atoms with Crippen LogP contribution in [0.15, 0.2) is 0 Å². The minimum absolute atomic E-state index is 0.105. The predicted octanol–water partition coefficient (Wildman–Crippen LogP) is 16.9. The molecule has 17 nitrogen and oxygen atoms in total. The molecule has 0 heterocycles. The molecule has 0 spiro atoms. The van der Waals surface area contributed by atoms with Gasteiger partial charge in [0.25, 0.3) is 0 Å². The van der Waals surface area contributed by atoms with Crippen LogP contribution in [0.3, 0.4) is 0 Å². The van der Waals surface area contributed by atoms with Crippen LogP contribution in [0.1, 0.15) is 305 Å². The van der Waals surface area contributed by atoms with Gasteiger partial charge >= 0.3 is 39.5 Å². The Morgan fingerprint density at radius 2 is 0.630 bits per heavy atom. The number of ether oxygens (including phenoxy) is 4. The summed E-state index contributed by atoms with van der Waals surface area (Å²) >= 11 is 0. The molecule has 480 valence electrons. The number of carbonyl (C=O) groups is 4. The lowest BCUT2D eigenvalue weighted by Gasteiger charge is -2.21. The van der Waals surface area contributed by atoms with Crippen LogP contribution >= 0.6 is 15.6 Å². The molecule has 0 fully saturated rings. The van der Waals surface area contributed by atoms with Crippen molar-refractivity contribution in [1.82, 2.24) is 0 Å². The SMILES string of the molecule is CCCCCCCCCCCCC(=O)O[C@H](COC(=O)CCCCCCCCC)COP(=O)(O)OC[C@H](O)COP(=O)(O)OC[C@@H](COC(=O)CCCCCCCCCCC(C)CC)OC(=O)CCCCCCCCCCCC(C)C. The smallest absolute Gasteiger partial charge is 0.462 e. The maximum absolute atomic E-state index is 13.0. The van der Waals surface area contributed by atoms with Gasteiger partial charge in [0.15, 0.2) is 12.2 Å². The van der Waals surface area contributed by atoms with Crippen molar-refractivity contribution in [3.8, 4) is 0 Å². The summed E-state index contributed by atoms with van der Waals surface area (Å²) in [6.45, 7) is 9.41. The van der Waals surface area contributed by atoms with Gasteiger partial charge < -0.3 is 33.8 Å². The van der Waals surface area contributed by atoms with Gasteiger partial charge in [0.05, 0.1) is 26.4 Å². The number of rotatable bonds is 61. The van der Waals surface area contributed by atoms with Gasteiger partial charge in [-0.25, -0.2) is 9.13 Å². The molecule has 0 aromatic carbocycles. The second kappa shape index (κ2) is 54.7. The molecular formula is C62H120O17P2. The Balaban J connectivity index is 5.23. The summed E-state index contributed by atoms with van der Waals surface area (Å²) in [6.07, 6.45) is 36.2. The minimum atomic E-state index is -4.94. The number of aliphatic hydroxyl groups excluding tert-OH is 1. The third-order valence-corrected chi connectivity index (χ3v) is 16.5. The van der Waals surface area contributed by atoms with Crippen molar-refractivity contribution in [1.29, 1.82) is 0 Å². The number of hydrogen-bond donors (Lipinski definition) is 3. The normalized spacial score (nSPS) is 14.7. The van der Waals surface area contributed by atoms with Crippen molar-refractivity contribution in [2.45, 2.75) is 323 Å². The summed E-state index contributed by atoms with van der Waals surface area (Å²) in [5.41, 5.74) is 0. The van der Waals surface area contributed by atoms with Gasteiger partial charge in [0, 0.05) is 25.7 Å². The molecule has 3 N–H and O–H groups in total. The molecule has 0 aromatic heterocycles. The molecule has 0 saturated heterocycles. The number of hydrogen-bond acceptors (Lipinski definition) is 15. The highest BCUT2D eigenvalue weighted by Crippen LogP contribution is 2.45. The van der Waals surface area contributed by atoms with E-state index in [1.807, 2.05) is 0 Å². The number of phosphoric ester groups is 2. The van der Waals surface area contributed by atoms with Crippen molar-refractivity contribution in [3.63, 3.8) is 0 Å². The van der Waals surface area contributed by atoms with E-state index in [4.69, 9.17) is 37.0 Å². The number of aliphatic hydroxyl groups is 1.